The van der Waals surface area contributed by atoms with Crippen LogP contribution in [0.3, 0.4) is 0 Å². The number of fused-ring (bicyclic) bond motifs is 1. The van der Waals surface area contributed by atoms with Gasteiger partial charge in [0.2, 0.25) is 0 Å². The van der Waals surface area contributed by atoms with Crippen LogP contribution >= 0.6 is 0 Å². The van der Waals surface area contributed by atoms with Gasteiger partial charge in [0.1, 0.15) is 0 Å². The van der Waals surface area contributed by atoms with Crippen LogP contribution in [0.2, 0.25) is 0 Å². The SMILES string of the molecule is Cc1ccc(-c2cc(C)ccc2-c2ccc(-c3cccc(-c4ccccn4)c3)c3nccnc23)cc1. The largest absolute Gasteiger partial charge is 0.256 e. The fraction of sp³-hybridized carbons (Fsp3) is 0.0606. The number of rotatable bonds is 4. The average molecular weight is 464 g/mol. The molecule has 0 aliphatic heterocycles. The summed E-state index contributed by atoms with van der Waals surface area (Å²) in [6, 6.07) is 34.1. The first-order valence-corrected chi connectivity index (χ1v) is 12.1. The Hall–Kier alpha value is -4.63. The molecule has 0 saturated carbocycles. The van der Waals surface area contributed by atoms with E-state index in [1.54, 1.807) is 12.4 Å². The van der Waals surface area contributed by atoms with Gasteiger partial charge in [0.05, 0.1) is 16.7 Å². The van der Waals surface area contributed by atoms with Gasteiger partial charge < -0.3 is 0 Å². The van der Waals surface area contributed by atoms with Gasteiger partial charge in [0, 0.05) is 35.3 Å². The molecule has 0 aliphatic carbocycles. The predicted octanol–water partition coefficient (Wildman–Crippen LogP) is 8.31. The highest BCUT2D eigenvalue weighted by atomic mass is 14.8. The van der Waals surface area contributed by atoms with Gasteiger partial charge in [-0.3, -0.25) is 15.0 Å². The van der Waals surface area contributed by atoms with Crippen molar-refractivity contribution in [3.63, 3.8) is 0 Å². The lowest BCUT2D eigenvalue weighted by molar-refractivity contribution is 1.29. The number of hydrogen-bond donors (Lipinski definition) is 0. The maximum atomic E-state index is 4.82. The van der Waals surface area contributed by atoms with Crippen LogP contribution < -0.4 is 0 Å². The van der Waals surface area contributed by atoms with Crippen LogP contribution in [-0.4, -0.2) is 15.0 Å². The normalized spacial score (nSPS) is 11.1. The van der Waals surface area contributed by atoms with Crippen LogP contribution in [0.5, 0.6) is 0 Å². The Morgan fingerprint density at radius 3 is 1.89 bits per heavy atom. The molecule has 6 aromatic rings. The summed E-state index contributed by atoms with van der Waals surface area (Å²) in [5.41, 5.74) is 13.1. The van der Waals surface area contributed by atoms with E-state index in [2.05, 4.69) is 97.7 Å². The molecule has 3 nitrogen and oxygen atoms in total. The molecule has 6 rings (SSSR count). The molecule has 172 valence electrons. The van der Waals surface area contributed by atoms with Gasteiger partial charge >= 0.3 is 0 Å². The highest BCUT2D eigenvalue weighted by Gasteiger charge is 2.16. The summed E-state index contributed by atoms with van der Waals surface area (Å²) in [7, 11) is 0. The topological polar surface area (TPSA) is 38.7 Å². The molecule has 0 aliphatic rings. The molecule has 0 spiro atoms. The fourth-order valence-corrected chi connectivity index (χ4v) is 4.75. The Morgan fingerprint density at radius 2 is 1.11 bits per heavy atom. The summed E-state index contributed by atoms with van der Waals surface area (Å²) in [4.78, 5) is 14.1. The van der Waals surface area contributed by atoms with E-state index in [-0.39, 0.29) is 0 Å². The standard InChI is InChI=1S/C33H25N3/c1-22-9-12-24(13-10-22)30-20-23(2)11-14-28(30)29-16-15-27(32-33(29)36-19-18-35-32)25-6-5-7-26(21-25)31-8-3-4-17-34-31/h3-21H,1-2H3. The minimum Gasteiger partial charge on any atom is -0.256 e. The summed E-state index contributed by atoms with van der Waals surface area (Å²) < 4.78 is 0. The van der Waals surface area contributed by atoms with Crippen LogP contribution in [0.15, 0.2) is 116 Å². The quantitative estimate of drug-likeness (QED) is 0.264. The van der Waals surface area contributed by atoms with Crippen LogP contribution in [0.25, 0.3) is 55.7 Å². The number of benzene rings is 4. The molecule has 0 fully saturated rings. The predicted molar refractivity (Wildman–Crippen MR) is 149 cm³/mol. The van der Waals surface area contributed by atoms with Crippen LogP contribution in [0.1, 0.15) is 11.1 Å². The van der Waals surface area contributed by atoms with Gasteiger partial charge in [0.25, 0.3) is 0 Å². The van der Waals surface area contributed by atoms with E-state index in [1.807, 2.05) is 24.4 Å². The van der Waals surface area contributed by atoms with Crippen molar-refractivity contribution in [2.75, 3.05) is 0 Å². The third-order valence-corrected chi connectivity index (χ3v) is 6.59. The van der Waals surface area contributed by atoms with E-state index < -0.39 is 0 Å². The Balaban J connectivity index is 1.53. The average Bonchev–Trinajstić information content (AvgIpc) is 2.93. The lowest BCUT2D eigenvalue weighted by atomic mass is 9.90. The number of pyridine rings is 1. The molecule has 0 atom stereocenters. The molecule has 0 saturated heterocycles. The van der Waals surface area contributed by atoms with Crippen molar-refractivity contribution >= 4 is 11.0 Å². The second-order valence-corrected chi connectivity index (χ2v) is 9.13. The first kappa shape index (κ1) is 21.9. The zero-order valence-electron chi connectivity index (χ0n) is 20.3. The van der Waals surface area contributed by atoms with Crippen molar-refractivity contribution in [1.82, 2.24) is 15.0 Å². The minimum atomic E-state index is 0.892. The second-order valence-electron chi connectivity index (χ2n) is 9.13. The first-order chi connectivity index (χ1) is 17.7. The highest BCUT2D eigenvalue weighted by Crippen LogP contribution is 2.39. The Morgan fingerprint density at radius 1 is 0.417 bits per heavy atom. The molecule has 0 amide bonds. The van der Waals surface area contributed by atoms with E-state index in [0.29, 0.717) is 0 Å². The van der Waals surface area contributed by atoms with Crippen molar-refractivity contribution in [3.05, 3.63) is 127 Å². The van der Waals surface area contributed by atoms with Crippen molar-refractivity contribution in [2.24, 2.45) is 0 Å². The maximum absolute atomic E-state index is 4.82. The third-order valence-electron chi connectivity index (χ3n) is 6.59. The number of nitrogens with zero attached hydrogens (tertiary/aromatic N) is 3. The third kappa shape index (κ3) is 4.05. The molecular formula is C33H25N3. The fourth-order valence-electron chi connectivity index (χ4n) is 4.75. The second kappa shape index (κ2) is 9.20. The van der Waals surface area contributed by atoms with E-state index in [4.69, 9.17) is 9.97 Å². The van der Waals surface area contributed by atoms with Gasteiger partial charge in [-0.05, 0) is 54.3 Å². The highest BCUT2D eigenvalue weighted by molar-refractivity contribution is 6.03. The zero-order chi connectivity index (χ0) is 24.5. The van der Waals surface area contributed by atoms with Crippen LogP contribution in [0.4, 0.5) is 0 Å². The monoisotopic (exact) mass is 463 g/mol. The number of hydrogen-bond acceptors (Lipinski definition) is 3. The van der Waals surface area contributed by atoms with E-state index in [0.717, 1.165) is 44.5 Å². The molecule has 0 radical (unpaired) electrons. The number of aryl methyl sites for hydroxylation is 2. The smallest absolute Gasteiger partial charge is 0.0971 e. The van der Waals surface area contributed by atoms with E-state index in [9.17, 15) is 0 Å². The molecule has 3 heteroatoms. The van der Waals surface area contributed by atoms with Gasteiger partial charge in [0.15, 0.2) is 0 Å². The first-order valence-electron chi connectivity index (χ1n) is 12.1. The molecule has 2 aromatic heterocycles. The van der Waals surface area contributed by atoms with Crippen LogP contribution in [-0.2, 0) is 0 Å². The summed E-state index contributed by atoms with van der Waals surface area (Å²) in [6.07, 6.45) is 5.37. The van der Waals surface area contributed by atoms with Gasteiger partial charge in [-0.15, -0.1) is 0 Å². The minimum absolute atomic E-state index is 0.892. The molecule has 4 aromatic carbocycles. The molecule has 36 heavy (non-hydrogen) atoms. The van der Waals surface area contributed by atoms with E-state index in [1.165, 1.54) is 22.3 Å². The zero-order valence-corrected chi connectivity index (χ0v) is 20.3. The number of aromatic nitrogens is 3. The van der Waals surface area contributed by atoms with E-state index >= 15 is 0 Å². The molecule has 0 N–H and O–H groups in total. The summed E-state index contributed by atoms with van der Waals surface area (Å²) in [5.74, 6) is 0. The molecule has 0 bridgehead atoms. The lowest BCUT2D eigenvalue weighted by Gasteiger charge is -2.15. The van der Waals surface area contributed by atoms with Gasteiger partial charge in [-0.2, -0.15) is 0 Å². The molecule has 2 heterocycles. The lowest BCUT2D eigenvalue weighted by Crippen LogP contribution is -1.94. The Bertz CT molecular complexity index is 1690. The van der Waals surface area contributed by atoms with Crippen LogP contribution in [0, 0.1) is 13.8 Å². The summed E-state index contributed by atoms with van der Waals surface area (Å²) in [6.45, 7) is 4.25. The maximum Gasteiger partial charge on any atom is 0.0971 e. The van der Waals surface area contributed by atoms with Gasteiger partial charge in [-0.25, -0.2) is 0 Å². The Kier molecular flexibility index (Phi) is 5.59. The molecule has 0 unspecified atom stereocenters. The van der Waals surface area contributed by atoms with Crippen molar-refractivity contribution in [3.8, 4) is 44.6 Å². The van der Waals surface area contributed by atoms with Crippen molar-refractivity contribution in [2.45, 2.75) is 13.8 Å². The summed E-state index contributed by atoms with van der Waals surface area (Å²) in [5, 5.41) is 0. The van der Waals surface area contributed by atoms with Crippen molar-refractivity contribution in [1.29, 1.82) is 0 Å². The van der Waals surface area contributed by atoms with Gasteiger partial charge in [-0.1, -0.05) is 90.0 Å². The Labute approximate surface area is 211 Å². The van der Waals surface area contributed by atoms with Crippen molar-refractivity contribution < 1.29 is 0 Å². The summed E-state index contributed by atoms with van der Waals surface area (Å²) >= 11 is 0. The molecular weight excluding hydrogens is 438 g/mol.